The van der Waals surface area contributed by atoms with Crippen LogP contribution in [0.2, 0.25) is 0 Å². The molecule has 0 aromatic rings. The van der Waals surface area contributed by atoms with E-state index in [1.165, 1.54) is 0 Å². The van der Waals surface area contributed by atoms with Crippen LogP contribution >= 0.6 is 0 Å². The van der Waals surface area contributed by atoms with Gasteiger partial charge in [-0.15, -0.1) is 0 Å². The van der Waals surface area contributed by atoms with Crippen molar-refractivity contribution in [2.45, 2.75) is 40.2 Å². The SMILES string of the molecule is CCNC(C)CC(=O)C=C(C)C. The van der Waals surface area contributed by atoms with E-state index in [-0.39, 0.29) is 11.8 Å². The molecule has 0 fully saturated rings. The highest BCUT2D eigenvalue weighted by Gasteiger charge is 2.04. The van der Waals surface area contributed by atoms with Crippen molar-refractivity contribution < 1.29 is 4.79 Å². The van der Waals surface area contributed by atoms with E-state index >= 15 is 0 Å². The third-order valence-corrected chi connectivity index (χ3v) is 1.51. The molecule has 0 aliphatic heterocycles. The maximum absolute atomic E-state index is 11.2. The van der Waals surface area contributed by atoms with E-state index in [2.05, 4.69) is 5.32 Å². The summed E-state index contributed by atoms with van der Waals surface area (Å²) in [5.41, 5.74) is 1.07. The zero-order chi connectivity index (χ0) is 9.56. The van der Waals surface area contributed by atoms with Crippen LogP contribution in [0.15, 0.2) is 11.6 Å². The summed E-state index contributed by atoms with van der Waals surface area (Å²) < 4.78 is 0. The smallest absolute Gasteiger partial charge is 0.157 e. The van der Waals surface area contributed by atoms with Crippen molar-refractivity contribution in [3.63, 3.8) is 0 Å². The van der Waals surface area contributed by atoms with Gasteiger partial charge in [0.1, 0.15) is 0 Å². The van der Waals surface area contributed by atoms with Crippen LogP contribution in [0.4, 0.5) is 0 Å². The maximum Gasteiger partial charge on any atom is 0.157 e. The topological polar surface area (TPSA) is 29.1 Å². The van der Waals surface area contributed by atoms with Crippen LogP contribution in [-0.4, -0.2) is 18.4 Å². The Bertz CT molecular complexity index is 169. The number of carbonyl (C=O) groups excluding carboxylic acids is 1. The van der Waals surface area contributed by atoms with Crippen molar-refractivity contribution in [1.29, 1.82) is 0 Å². The first-order valence-electron chi connectivity index (χ1n) is 4.47. The summed E-state index contributed by atoms with van der Waals surface area (Å²) >= 11 is 0. The second-order valence-corrected chi connectivity index (χ2v) is 3.35. The van der Waals surface area contributed by atoms with Crippen molar-refractivity contribution in [2.24, 2.45) is 0 Å². The molecule has 0 spiro atoms. The molecule has 70 valence electrons. The van der Waals surface area contributed by atoms with Crippen molar-refractivity contribution in [3.8, 4) is 0 Å². The number of ketones is 1. The van der Waals surface area contributed by atoms with Crippen LogP contribution in [0, 0.1) is 0 Å². The monoisotopic (exact) mass is 169 g/mol. The number of nitrogens with one attached hydrogen (secondary N) is 1. The summed E-state index contributed by atoms with van der Waals surface area (Å²) in [6.45, 7) is 8.87. The Morgan fingerprint density at radius 3 is 2.50 bits per heavy atom. The standard InChI is InChI=1S/C10H19NO/c1-5-11-9(4)7-10(12)6-8(2)3/h6,9,11H,5,7H2,1-4H3. The van der Waals surface area contributed by atoms with E-state index in [9.17, 15) is 4.79 Å². The fourth-order valence-electron chi connectivity index (χ4n) is 1.10. The summed E-state index contributed by atoms with van der Waals surface area (Å²) in [6.07, 6.45) is 2.30. The molecule has 1 N–H and O–H groups in total. The minimum absolute atomic E-state index is 0.212. The number of rotatable bonds is 5. The van der Waals surface area contributed by atoms with Gasteiger partial charge in [-0.3, -0.25) is 4.79 Å². The first-order chi connectivity index (χ1) is 5.56. The van der Waals surface area contributed by atoms with Gasteiger partial charge in [-0.05, 0) is 33.4 Å². The molecule has 0 aromatic heterocycles. The normalized spacial score (nSPS) is 12.3. The predicted octanol–water partition coefficient (Wildman–Crippen LogP) is 1.91. The van der Waals surface area contributed by atoms with Crippen LogP contribution in [0.5, 0.6) is 0 Å². The van der Waals surface area contributed by atoms with Crippen molar-refractivity contribution in [1.82, 2.24) is 5.32 Å². The Labute approximate surface area is 75.0 Å². The molecule has 0 rings (SSSR count). The molecule has 0 saturated carbocycles. The molecule has 0 aliphatic carbocycles. The van der Waals surface area contributed by atoms with Gasteiger partial charge in [-0.1, -0.05) is 12.5 Å². The second kappa shape index (κ2) is 5.95. The molecule has 12 heavy (non-hydrogen) atoms. The lowest BCUT2D eigenvalue weighted by Gasteiger charge is -2.09. The molecule has 1 unspecified atom stereocenters. The lowest BCUT2D eigenvalue weighted by molar-refractivity contribution is -0.115. The minimum atomic E-state index is 0.212. The molecular weight excluding hydrogens is 150 g/mol. The van der Waals surface area contributed by atoms with E-state index in [0.29, 0.717) is 6.42 Å². The van der Waals surface area contributed by atoms with Crippen molar-refractivity contribution >= 4 is 5.78 Å². The van der Waals surface area contributed by atoms with Gasteiger partial charge < -0.3 is 5.32 Å². The summed E-state index contributed by atoms with van der Waals surface area (Å²) in [5, 5.41) is 3.20. The van der Waals surface area contributed by atoms with Gasteiger partial charge in [0.2, 0.25) is 0 Å². The van der Waals surface area contributed by atoms with E-state index in [1.807, 2.05) is 27.7 Å². The Kier molecular flexibility index (Phi) is 5.64. The fraction of sp³-hybridized carbons (Fsp3) is 0.700. The summed E-state index contributed by atoms with van der Waals surface area (Å²) in [7, 11) is 0. The number of hydrogen-bond donors (Lipinski definition) is 1. The van der Waals surface area contributed by atoms with Crippen LogP contribution in [0.3, 0.4) is 0 Å². The zero-order valence-corrected chi connectivity index (χ0v) is 8.48. The second-order valence-electron chi connectivity index (χ2n) is 3.35. The average Bonchev–Trinajstić information content (AvgIpc) is 1.84. The predicted molar refractivity (Wildman–Crippen MR) is 52.2 cm³/mol. The lowest BCUT2D eigenvalue weighted by atomic mass is 10.1. The van der Waals surface area contributed by atoms with Gasteiger partial charge in [-0.2, -0.15) is 0 Å². The van der Waals surface area contributed by atoms with Crippen LogP contribution < -0.4 is 5.32 Å². The summed E-state index contributed by atoms with van der Waals surface area (Å²) in [5.74, 6) is 0.212. The summed E-state index contributed by atoms with van der Waals surface area (Å²) in [6, 6.07) is 0.290. The third-order valence-electron chi connectivity index (χ3n) is 1.51. The minimum Gasteiger partial charge on any atom is -0.314 e. The van der Waals surface area contributed by atoms with Gasteiger partial charge >= 0.3 is 0 Å². The van der Waals surface area contributed by atoms with Gasteiger partial charge in [0.05, 0.1) is 0 Å². The highest BCUT2D eigenvalue weighted by molar-refractivity contribution is 5.90. The first kappa shape index (κ1) is 11.4. The quantitative estimate of drug-likeness (QED) is 0.637. The first-order valence-corrected chi connectivity index (χ1v) is 4.47. The largest absolute Gasteiger partial charge is 0.314 e. The summed E-state index contributed by atoms with van der Waals surface area (Å²) in [4.78, 5) is 11.2. The van der Waals surface area contributed by atoms with Gasteiger partial charge in [0, 0.05) is 12.5 Å². The van der Waals surface area contributed by atoms with E-state index < -0.39 is 0 Å². The molecule has 1 atom stereocenters. The van der Waals surface area contributed by atoms with Crippen LogP contribution in [0.25, 0.3) is 0 Å². The van der Waals surface area contributed by atoms with Gasteiger partial charge in [0.25, 0.3) is 0 Å². The molecule has 0 heterocycles. The Balaban J connectivity index is 3.77. The van der Waals surface area contributed by atoms with Gasteiger partial charge in [0.15, 0.2) is 5.78 Å². The molecule has 2 heteroatoms. The third kappa shape index (κ3) is 6.10. The Morgan fingerprint density at radius 1 is 1.50 bits per heavy atom. The number of allylic oxidation sites excluding steroid dienone is 2. The Morgan fingerprint density at radius 2 is 2.08 bits per heavy atom. The highest BCUT2D eigenvalue weighted by atomic mass is 16.1. The molecular formula is C10H19NO. The van der Waals surface area contributed by atoms with Gasteiger partial charge in [-0.25, -0.2) is 0 Å². The maximum atomic E-state index is 11.2. The average molecular weight is 169 g/mol. The molecule has 0 aromatic carbocycles. The molecule has 0 aliphatic rings. The number of carbonyl (C=O) groups is 1. The fourth-order valence-corrected chi connectivity index (χ4v) is 1.10. The highest BCUT2D eigenvalue weighted by Crippen LogP contribution is 1.97. The van der Waals surface area contributed by atoms with E-state index in [4.69, 9.17) is 0 Å². The van der Waals surface area contributed by atoms with E-state index in [1.54, 1.807) is 6.08 Å². The van der Waals surface area contributed by atoms with Crippen LogP contribution in [-0.2, 0) is 4.79 Å². The zero-order valence-electron chi connectivity index (χ0n) is 8.48. The van der Waals surface area contributed by atoms with E-state index in [0.717, 1.165) is 12.1 Å². The molecule has 0 radical (unpaired) electrons. The van der Waals surface area contributed by atoms with Crippen molar-refractivity contribution in [2.75, 3.05) is 6.54 Å². The molecule has 0 amide bonds. The molecule has 2 nitrogen and oxygen atoms in total. The number of hydrogen-bond acceptors (Lipinski definition) is 2. The van der Waals surface area contributed by atoms with Crippen molar-refractivity contribution in [3.05, 3.63) is 11.6 Å². The molecule has 0 saturated heterocycles. The van der Waals surface area contributed by atoms with Crippen LogP contribution in [0.1, 0.15) is 34.1 Å². The lowest BCUT2D eigenvalue weighted by Crippen LogP contribution is -2.27. The molecule has 0 bridgehead atoms. The Hall–Kier alpha value is -0.630.